The number of ether oxygens (including phenoxy) is 1. The van der Waals surface area contributed by atoms with Crippen LogP contribution in [0.1, 0.15) is 24.5 Å². The van der Waals surface area contributed by atoms with Crippen molar-refractivity contribution in [1.82, 2.24) is 9.21 Å². The van der Waals surface area contributed by atoms with Gasteiger partial charge in [-0.3, -0.25) is 9.69 Å². The van der Waals surface area contributed by atoms with Crippen molar-refractivity contribution in [3.8, 4) is 0 Å². The van der Waals surface area contributed by atoms with E-state index in [0.717, 1.165) is 24.8 Å². The van der Waals surface area contributed by atoms with Gasteiger partial charge in [0.1, 0.15) is 0 Å². The van der Waals surface area contributed by atoms with Crippen LogP contribution < -0.4 is 0 Å². The SMILES string of the molecule is CCOC(=O)CN1CCN(S(=O)(=O)c2ccc3c(c2)CCC3)CC1. The number of fused-ring (bicyclic) bond motifs is 1. The van der Waals surface area contributed by atoms with Gasteiger partial charge in [-0.05, 0) is 49.4 Å². The quantitative estimate of drug-likeness (QED) is 0.741. The normalized spacial score (nSPS) is 19.2. The van der Waals surface area contributed by atoms with Gasteiger partial charge in [0.05, 0.1) is 18.0 Å². The number of rotatable bonds is 5. The van der Waals surface area contributed by atoms with Crippen LogP contribution in [0, 0.1) is 0 Å². The molecule has 24 heavy (non-hydrogen) atoms. The van der Waals surface area contributed by atoms with Crippen molar-refractivity contribution >= 4 is 16.0 Å². The number of nitrogens with zero attached hydrogens (tertiary/aromatic N) is 2. The first kappa shape index (κ1) is 17.4. The summed E-state index contributed by atoms with van der Waals surface area (Å²) in [4.78, 5) is 13.9. The van der Waals surface area contributed by atoms with E-state index in [4.69, 9.17) is 4.74 Å². The second-order valence-corrected chi connectivity index (χ2v) is 8.21. The average molecular weight is 352 g/mol. The van der Waals surface area contributed by atoms with Crippen LogP contribution in [0.2, 0.25) is 0 Å². The van der Waals surface area contributed by atoms with Crippen LogP contribution in [-0.4, -0.2) is 62.9 Å². The first-order valence-corrected chi connectivity index (χ1v) is 9.94. The van der Waals surface area contributed by atoms with Crippen molar-refractivity contribution < 1.29 is 17.9 Å². The van der Waals surface area contributed by atoms with E-state index in [2.05, 4.69) is 0 Å². The third-order valence-electron chi connectivity index (χ3n) is 4.70. The highest BCUT2D eigenvalue weighted by Crippen LogP contribution is 2.26. The summed E-state index contributed by atoms with van der Waals surface area (Å²) in [5, 5.41) is 0. The standard InChI is InChI=1S/C17H24N2O4S/c1-2-23-17(20)13-18-8-10-19(11-9-18)24(21,22)16-7-6-14-4-3-5-15(14)12-16/h6-7,12H,2-5,8-11,13H2,1H3. The Bertz CT molecular complexity index is 709. The molecule has 1 aliphatic carbocycles. The maximum atomic E-state index is 12.8. The first-order valence-electron chi connectivity index (χ1n) is 8.50. The molecule has 1 fully saturated rings. The molecule has 7 heteroatoms. The van der Waals surface area contributed by atoms with Gasteiger partial charge in [0.25, 0.3) is 0 Å². The number of hydrogen-bond donors (Lipinski definition) is 0. The zero-order valence-corrected chi connectivity index (χ0v) is 14.8. The third kappa shape index (κ3) is 3.63. The fraction of sp³-hybridized carbons (Fsp3) is 0.588. The van der Waals surface area contributed by atoms with E-state index in [0.29, 0.717) is 37.7 Å². The van der Waals surface area contributed by atoms with Gasteiger partial charge in [0.2, 0.25) is 10.0 Å². The Balaban J connectivity index is 1.64. The summed E-state index contributed by atoms with van der Waals surface area (Å²) in [7, 11) is -3.46. The molecule has 1 saturated heterocycles. The molecular weight excluding hydrogens is 328 g/mol. The number of sulfonamides is 1. The second kappa shape index (κ2) is 7.21. The Kier molecular flexibility index (Phi) is 5.22. The Hall–Kier alpha value is -1.44. The minimum atomic E-state index is -3.46. The van der Waals surface area contributed by atoms with E-state index in [1.807, 2.05) is 17.0 Å². The van der Waals surface area contributed by atoms with E-state index in [1.54, 1.807) is 13.0 Å². The highest BCUT2D eigenvalue weighted by atomic mass is 32.2. The molecular formula is C17H24N2O4S. The maximum absolute atomic E-state index is 12.8. The Morgan fingerprint density at radius 2 is 1.83 bits per heavy atom. The third-order valence-corrected chi connectivity index (χ3v) is 6.59. The van der Waals surface area contributed by atoms with Crippen molar-refractivity contribution in [2.45, 2.75) is 31.1 Å². The highest BCUT2D eigenvalue weighted by Gasteiger charge is 2.30. The van der Waals surface area contributed by atoms with E-state index < -0.39 is 10.0 Å². The molecule has 1 heterocycles. The summed E-state index contributed by atoms with van der Waals surface area (Å²) in [6, 6.07) is 5.51. The fourth-order valence-electron chi connectivity index (χ4n) is 3.37. The topological polar surface area (TPSA) is 66.9 Å². The van der Waals surface area contributed by atoms with Crippen molar-refractivity contribution in [1.29, 1.82) is 0 Å². The van der Waals surface area contributed by atoms with E-state index in [-0.39, 0.29) is 12.5 Å². The molecule has 1 aliphatic heterocycles. The van der Waals surface area contributed by atoms with Gasteiger partial charge >= 0.3 is 5.97 Å². The van der Waals surface area contributed by atoms with Crippen LogP contribution in [0.15, 0.2) is 23.1 Å². The molecule has 1 aromatic carbocycles. The van der Waals surface area contributed by atoms with Crippen molar-refractivity contribution in [3.05, 3.63) is 29.3 Å². The van der Waals surface area contributed by atoms with Crippen molar-refractivity contribution in [3.63, 3.8) is 0 Å². The van der Waals surface area contributed by atoms with Gasteiger partial charge in [0, 0.05) is 26.2 Å². The molecule has 2 aliphatic rings. The van der Waals surface area contributed by atoms with E-state index in [9.17, 15) is 13.2 Å². The molecule has 1 aromatic rings. The molecule has 0 aromatic heterocycles. The van der Waals surface area contributed by atoms with E-state index >= 15 is 0 Å². The molecule has 6 nitrogen and oxygen atoms in total. The lowest BCUT2D eigenvalue weighted by Crippen LogP contribution is -2.50. The zero-order chi connectivity index (χ0) is 17.2. The summed E-state index contributed by atoms with van der Waals surface area (Å²) in [6.45, 7) is 4.26. The lowest BCUT2D eigenvalue weighted by Gasteiger charge is -2.33. The number of hydrogen-bond acceptors (Lipinski definition) is 5. The van der Waals surface area contributed by atoms with Crippen molar-refractivity contribution in [2.75, 3.05) is 39.3 Å². The van der Waals surface area contributed by atoms with Gasteiger partial charge in [-0.25, -0.2) is 8.42 Å². The monoisotopic (exact) mass is 352 g/mol. The molecule has 0 spiro atoms. The number of esters is 1. The zero-order valence-electron chi connectivity index (χ0n) is 14.0. The summed E-state index contributed by atoms with van der Waals surface area (Å²) < 4.78 is 32.1. The van der Waals surface area contributed by atoms with E-state index in [1.165, 1.54) is 9.87 Å². The Labute approximate surface area is 143 Å². The van der Waals surface area contributed by atoms with Gasteiger partial charge in [-0.1, -0.05) is 6.07 Å². The highest BCUT2D eigenvalue weighted by molar-refractivity contribution is 7.89. The van der Waals surface area contributed by atoms with Crippen LogP contribution >= 0.6 is 0 Å². The Morgan fingerprint density at radius 1 is 1.12 bits per heavy atom. The van der Waals surface area contributed by atoms with Crippen LogP contribution in [0.25, 0.3) is 0 Å². The summed E-state index contributed by atoms with van der Waals surface area (Å²) >= 11 is 0. The number of benzene rings is 1. The molecule has 0 atom stereocenters. The summed E-state index contributed by atoms with van der Waals surface area (Å²) in [5.41, 5.74) is 2.44. The molecule has 0 radical (unpaired) electrons. The number of carbonyl (C=O) groups excluding carboxylic acids is 1. The van der Waals surface area contributed by atoms with Crippen LogP contribution in [0.3, 0.4) is 0 Å². The molecule has 0 unspecified atom stereocenters. The average Bonchev–Trinajstić information content (AvgIpc) is 3.03. The van der Waals surface area contributed by atoms with Crippen molar-refractivity contribution in [2.24, 2.45) is 0 Å². The lowest BCUT2D eigenvalue weighted by atomic mass is 10.1. The number of carbonyl (C=O) groups is 1. The summed E-state index contributed by atoms with van der Waals surface area (Å²) in [5.74, 6) is -0.257. The molecule has 3 rings (SSSR count). The largest absolute Gasteiger partial charge is 0.465 e. The Morgan fingerprint density at radius 3 is 2.54 bits per heavy atom. The predicted molar refractivity (Wildman–Crippen MR) is 90.3 cm³/mol. The van der Waals surface area contributed by atoms with Crippen LogP contribution in [0.4, 0.5) is 0 Å². The minimum Gasteiger partial charge on any atom is -0.465 e. The van der Waals surface area contributed by atoms with Crippen LogP contribution in [0.5, 0.6) is 0 Å². The molecule has 0 amide bonds. The number of aryl methyl sites for hydroxylation is 2. The lowest BCUT2D eigenvalue weighted by molar-refractivity contribution is -0.144. The molecule has 0 saturated carbocycles. The maximum Gasteiger partial charge on any atom is 0.320 e. The van der Waals surface area contributed by atoms with Gasteiger partial charge in [-0.15, -0.1) is 0 Å². The molecule has 0 bridgehead atoms. The van der Waals surface area contributed by atoms with Crippen LogP contribution in [-0.2, 0) is 32.4 Å². The second-order valence-electron chi connectivity index (χ2n) is 6.27. The smallest absolute Gasteiger partial charge is 0.320 e. The van der Waals surface area contributed by atoms with Gasteiger partial charge < -0.3 is 4.74 Å². The molecule has 0 N–H and O–H groups in total. The first-order chi connectivity index (χ1) is 11.5. The van der Waals surface area contributed by atoms with Gasteiger partial charge in [0.15, 0.2) is 0 Å². The fourth-order valence-corrected chi connectivity index (χ4v) is 4.85. The predicted octanol–water partition coefficient (Wildman–Crippen LogP) is 1.04. The summed E-state index contributed by atoms with van der Waals surface area (Å²) in [6.07, 6.45) is 3.11. The van der Waals surface area contributed by atoms with Gasteiger partial charge in [-0.2, -0.15) is 4.31 Å². The number of piperazine rings is 1. The molecule has 132 valence electrons. The minimum absolute atomic E-state index is 0.223.